The second kappa shape index (κ2) is 6.91. The standard InChI is InChI=1S/C13H15BrClN3O2S/c1-2-21(19,20)17-6-5-16-12-4-3-9-7-10(14)8-11(15)13(9)18-12/h3-4,7-8,17H,2,5-6H2,1H3,(H,16,18). The van der Waals surface area contributed by atoms with Gasteiger partial charge in [0.05, 0.1) is 16.3 Å². The van der Waals surface area contributed by atoms with Gasteiger partial charge < -0.3 is 5.32 Å². The summed E-state index contributed by atoms with van der Waals surface area (Å²) in [5, 5.41) is 4.57. The van der Waals surface area contributed by atoms with Crippen molar-refractivity contribution < 1.29 is 8.42 Å². The minimum Gasteiger partial charge on any atom is -0.369 e. The predicted octanol–water partition coefficient (Wildman–Crippen LogP) is 3.00. The first-order valence-corrected chi connectivity index (χ1v) is 9.20. The highest BCUT2D eigenvalue weighted by Crippen LogP contribution is 2.27. The molecule has 0 fully saturated rings. The lowest BCUT2D eigenvalue weighted by Crippen LogP contribution is -2.30. The van der Waals surface area contributed by atoms with Crippen molar-refractivity contribution in [1.29, 1.82) is 0 Å². The number of nitrogens with one attached hydrogen (secondary N) is 2. The Hall–Kier alpha value is -0.890. The van der Waals surface area contributed by atoms with Gasteiger partial charge in [0.25, 0.3) is 0 Å². The third-order valence-electron chi connectivity index (χ3n) is 2.84. The predicted molar refractivity (Wildman–Crippen MR) is 90.4 cm³/mol. The van der Waals surface area contributed by atoms with Crippen LogP contribution >= 0.6 is 27.5 Å². The Bertz CT molecular complexity index is 752. The van der Waals surface area contributed by atoms with Crippen LogP contribution in [0.1, 0.15) is 6.92 Å². The maximum absolute atomic E-state index is 11.3. The average molecular weight is 393 g/mol. The molecule has 2 rings (SSSR count). The van der Waals surface area contributed by atoms with Gasteiger partial charge in [0.15, 0.2) is 0 Å². The Labute approximate surface area is 137 Å². The Morgan fingerprint density at radius 3 is 2.76 bits per heavy atom. The minimum atomic E-state index is -3.16. The number of sulfonamides is 1. The number of benzene rings is 1. The average Bonchev–Trinajstić information content (AvgIpc) is 2.44. The molecule has 8 heteroatoms. The normalized spacial score (nSPS) is 11.8. The van der Waals surface area contributed by atoms with Crippen LogP contribution in [-0.4, -0.2) is 32.2 Å². The highest BCUT2D eigenvalue weighted by Gasteiger charge is 2.06. The molecule has 5 nitrogen and oxygen atoms in total. The van der Waals surface area contributed by atoms with E-state index in [0.717, 1.165) is 9.86 Å². The van der Waals surface area contributed by atoms with Gasteiger partial charge in [0.1, 0.15) is 5.82 Å². The Morgan fingerprint density at radius 1 is 1.29 bits per heavy atom. The van der Waals surface area contributed by atoms with E-state index in [-0.39, 0.29) is 5.75 Å². The molecule has 2 N–H and O–H groups in total. The lowest BCUT2D eigenvalue weighted by molar-refractivity contribution is 0.584. The number of halogens is 2. The molecule has 0 radical (unpaired) electrons. The summed E-state index contributed by atoms with van der Waals surface area (Å²) in [5.74, 6) is 0.730. The van der Waals surface area contributed by atoms with Gasteiger partial charge >= 0.3 is 0 Å². The van der Waals surface area contributed by atoms with Gasteiger partial charge in [-0.15, -0.1) is 0 Å². The summed E-state index contributed by atoms with van der Waals surface area (Å²) in [6.07, 6.45) is 0. The van der Waals surface area contributed by atoms with Crippen LogP contribution in [0.25, 0.3) is 10.9 Å². The number of hydrogen-bond acceptors (Lipinski definition) is 4. The van der Waals surface area contributed by atoms with Gasteiger partial charge in [-0.2, -0.15) is 0 Å². The molecule has 1 aromatic carbocycles. The summed E-state index contributed by atoms with van der Waals surface area (Å²) >= 11 is 9.55. The molecular formula is C13H15BrClN3O2S. The fourth-order valence-electron chi connectivity index (χ4n) is 1.75. The summed E-state index contributed by atoms with van der Waals surface area (Å²) in [4.78, 5) is 4.43. The van der Waals surface area contributed by atoms with Gasteiger partial charge in [0, 0.05) is 22.9 Å². The highest BCUT2D eigenvalue weighted by atomic mass is 79.9. The van der Waals surface area contributed by atoms with Gasteiger partial charge in [0.2, 0.25) is 10.0 Å². The smallest absolute Gasteiger partial charge is 0.211 e. The lowest BCUT2D eigenvalue weighted by Gasteiger charge is -2.08. The molecule has 0 spiro atoms. The quantitative estimate of drug-likeness (QED) is 0.741. The minimum absolute atomic E-state index is 0.0751. The number of pyridine rings is 1. The Kier molecular flexibility index (Phi) is 5.43. The van der Waals surface area contributed by atoms with Crippen molar-refractivity contribution in [3.8, 4) is 0 Å². The Balaban J connectivity index is 2.03. The summed E-state index contributed by atoms with van der Waals surface area (Å²) in [6.45, 7) is 2.36. The molecule has 0 atom stereocenters. The molecule has 0 bridgehead atoms. The van der Waals surface area contributed by atoms with E-state index >= 15 is 0 Å². The van der Waals surface area contributed by atoms with Crippen molar-refractivity contribution in [3.05, 3.63) is 33.8 Å². The largest absolute Gasteiger partial charge is 0.369 e. The number of hydrogen-bond donors (Lipinski definition) is 2. The van der Waals surface area contributed by atoms with E-state index in [2.05, 4.69) is 31.0 Å². The van der Waals surface area contributed by atoms with E-state index in [9.17, 15) is 8.42 Å². The molecule has 1 aromatic heterocycles. The molecule has 114 valence electrons. The monoisotopic (exact) mass is 391 g/mol. The first-order chi connectivity index (χ1) is 9.91. The molecule has 21 heavy (non-hydrogen) atoms. The van der Waals surface area contributed by atoms with Crippen LogP contribution in [0.2, 0.25) is 5.02 Å². The number of aromatic nitrogens is 1. The van der Waals surface area contributed by atoms with Crippen molar-refractivity contribution in [2.75, 3.05) is 24.2 Å². The summed E-state index contributed by atoms with van der Waals surface area (Å²) < 4.78 is 26.0. The van der Waals surface area contributed by atoms with E-state index in [0.29, 0.717) is 29.4 Å². The number of anilines is 1. The third-order valence-corrected chi connectivity index (χ3v) is 4.99. The zero-order valence-corrected chi connectivity index (χ0v) is 14.5. The second-order valence-electron chi connectivity index (χ2n) is 4.38. The van der Waals surface area contributed by atoms with Crippen molar-refractivity contribution in [3.63, 3.8) is 0 Å². The molecule has 0 saturated heterocycles. The van der Waals surface area contributed by atoms with Crippen LogP contribution in [0.5, 0.6) is 0 Å². The SMILES string of the molecule is CCS(=O)(=O)NCCNc1ccc2cc(Br)cc(Cl)c2n1. The van der Waals surface area contributed by atoms with E-state index < -0.39 is 10.0 Å². The van der Waals surface area contributed by atoms with Crippen LogP contribution in [0.15, 0.2) is 28.7 Å². The number of fused-ring (bicyclic) bond motifs is 1. The van der Waals surface area contributed by atoms with Crippen molar-refractivity contribution in [2.24, 2.45) is 0 Å². The zero-order valence-electron chi connectivity index (χ0n) is 11.4. The molecule has 0 aliphatic heterocycles. The molecule has 0 aliphatic rings. The highest BCUT2D eigenvalue weighted by molar-refractivity contribution is 9.10. The lowest BCUT2D eigenvalue weighted by atomic mass is 10.2. The van der Waals surface area contributed by atoms with Crippen LogP contribution in [-0.2, 0) is 10.0 Å². The van der Waals surface area contributed by atoms with E-state index in [4.69, 9.17) is 11.6 Å². The second-order valence-corrected chi connectivity index (χ2v) is 7.80. The summed E-state index contributed by atoms with van der Waals surface area (Å²) in [6, 6.07) is 7.47. The first kappa shape index (κ1) is 16.5. The zero-order chi connectivity index (χ0) is 15.5. The fraction of sp³-hybridized carbons (Fsp3) is 0.308. The maximum Gasteiger partial charge on any atom is 0.211 e. The topological polar surface area (TPSA) is 71.1 Å². The van der Waals surface area contributed by atoms with Crippen LogP contribution in [0, 0.1) is 0 Å². The van der Waals surface area contributed by atoms with Gasteiger partial charge in [-0.05, 0) is 31.2 Å². The molecule has 1 heterocycles. The van der Waals surface area contributed by atoms with Crippen molar-refractivity contribution in [1.82, 2.24) is 9.71 Å². The molecule has 0 unspecified atom stereocenters. The van der Waals surface area contributed by atoms with Crippen LogP contribution in [0.3, 0.4) is 0 Å². The molecule has 0 aliphatic carbocycles. The molecular weight excluding hydrogens is 378 g/mol. The van der Waals surface area contributed by atoms with Gasteiger partial charge in [-0.3, -0.25) is 0 Å². The molecule has 0 amide bonds. The van der Waals surface area contributed by atoms with Crippen molar-refractivity contribution >= 4 is 54.3 Å². The molecule has 0 saturated carbocycles. The fourth-order valence-corrected chi connectivity index (χ4v) is 3.25. The number of nitrogens with zero attached hydrogens (tertiary/aromatic N) is 1. The van der Waals surface area contributed by atoms with E-state index in [1.807, 2.05) is 18.2 Å². The van der Waals surface area contributed by atoms with Crippen LogP contribution in [0.4, 0.5) is 5.82 Å². The first-order valence-electron chi connectivity index (χ1n) is 6.38. The molecule has 2 aromatic rings. The Morgan fingerprint density at radius 2 is 2.05 bits per heavy atom. The maximum atomic E-state index is 11.3. The van der Waals surface area contributed by atoms with E-state index in [1.165, 1.54) is 0 Å². The van der Waals surface area contributed by atoms with E-state index in [1.54, 1.807) is 13.0 Å². The number of rotatable bonds is 6. The van der Waals surface area contributed by atoms with Crippen molar-refractivity contribution in [2.45, 2.75) is 6.92 Å². The van der Waals surface area contributed by atoms with Gasteiger partial charge in [-0.1, -0.05) is 27.5 Å². The third kappa shape index (κ3) is 4.54. The summed E-state index contributed by atoms with van der Waals surface area (Å²) in [7, 11) is -3.16. The van der Waals surface area contributed by atoms with Crippen LogP contribution < -0.4 is 10.0 Å². The van der Waals surface area contributed by atoms with Gasteiger partial charge in [-0.25, -0.2) is 18.1 Å². The summed E-state index contributed by atoms with van der Waals surface area (Å²) in [5.41, 5.74) is 0.707.